The van der Waals surface area contributed by atoms with Gasteiger partial charge in [-0.1, -0.05) is 13.0 Å². The summed E-state index contributed by atoms with van der Waals surface area (Å²) in [5.74, 6) is -0.348. The highest BCUT2D eigenvalue weighted by molar-refractivity contribution is 6.05. The quantitative estimate of drug-likeness (QED) is 0.692. The molecule has 0 fully saturated rings. The summed E-state index contributed by atoms with van der Waals surface area (Å²) in [7, 11) is 0. The van der Waals surface area contributed by atoms with Gasteiger partial charge in [0, 0.05) is 29.3 Å². The smallest absolute Gasteiger partial charge is 0.255 e. The predicted molar refractivity (Wildman–Crippen MR) is 89.4 cm³/mol. The number of amides is 2. The maximum Gasteiger partial charge on any atom is 0.255 e. The molecule has 2 amide bonds. The van der Waals surface area contributed by atoms with Crippen molar-refractivity contribution in [3.05, 3.63) is 54.4 Å². The number of anilines is 2. The first-order valence-electron chi connectivity index (χ1n) is 7.30. The minimum atomic E-state index is -0.255. The molecule has 1 aromatic carbocycles. The third-order valence-electron chi connectivity index (χ3n) is 3.39. The second-order valence-electron chi connectivity index (χ2n) is 5.08. The fraction of sp³-hybridized carbons (Fsp3) is 0.118. The van der Waals surface area contributed by atoms with Crippen LogP contribution in [0.2, 0.25) is 0 Å². The van der Waals surface area contributed by atoms with Gasteiger partial charge in [-0.25, -0.2) is 4.98 Å². The minimum absolute atomic E-state index is 0.0929. The van der Waals surface area contributed by atoms with Gasteiger partial charge >= 0.3 is 0 Å². The molecule has 0 radical (unpaired) electrons. The van der Waals surface area contributed by atoms with Crippen LogP contribution in [-0.4, -0.2) is 21.8 Å². The summed E-state index contributed by atoms with van der Waals surface area (Å²) in [4.78, 5) is 31.0. The van der Waals surface area contributed by atoms with Gasteiger partial charge in [-0.3, -0.25) is 9.59 Å². The lowest BCUT2D eigenvalue weighted by atomic mass is 10.2. The molecule has 0 atom stereocenters. The van der Waals surface area contributed by atoms with Gasteiger partial charge < -0.3 is 15.6 Å². The Bertz CT molecular complexity index is 870. The fourth-order valence-corrected chi connectivity index (χ4v) is 2.20. The van der Waals surface area contributed by atoms with Crippen molar-refractivity contribution in [2.75, 3.05) is 10.6 Å². The maximum absolute atomic E-state index is 12.3. The van der Waals surface area contributed by atoms with Crippen LogP contribution >= 0.6 is 0 Å². The molecule has 6 nitrogen and oxygen atoms in total. The second-order valence-corrected chi connectivity index (χ2v) is 5.08. The van der Waals surface area contributed by atoms with Crippen LogP contribution in [0.1, 0.15) is 23.7 Å². The third-order valence-corrected chi connectivity index (χ3v) is 3.39. The van der Waals surface area contributed by atoms with Gasteiger partial charge in [0.1, 0.15) is 5.65 Å². The third kappa shape index (κ3) is 3.37. The van der Waals surface area contributed by atoms with Crippen LogP contribution in [0.5, 0.6) is 0 Å². The number of aromatic amines is 1. The summed E-state index contributed by atoms with van der Waals surface area (Å²) in [6.07, 6.45) is 3.78. The monoisotopic (exact) mass is 308 g/mol. The number of fused-ring (bicyclic) bond motifs is 1. The number of rotatable bonds is 4. The van der Waals surface area contributed by atoms with Crippen molar-refractivity contribution < 1.29 is 9.59 Å². The molecule has 3 rings (SSSR count). The lowest BCUT2D eigenvalue weighted by molar-refractivity contribution is -0.115. The molecule has 2 aromatic heterocycles. The Labute approximate surface area is 132 Å². The summed E-state index contributed by atoms with van der Waals surface area (Å²) < 4.78 is 0. The van der Waals surface area contributed by atoms with E-state index in [0.717, 1.165) is 11.0 Å². The van der Waals surface area contributed by atoms with E-state index < -0.39 is 0 Å². The molecule has 0 aliphatic heterocycles. The Morgan fingerprint density at radius 2 is 2.00 bits per heavy atom. The Morgan fingerprint density at radius 3 is 2.83 bits per heavy atom. The zero-order valence-electron chi connectivity index (χ0n) is 12.6. The lowest BCUT2D eigenvalue weighted by Crippen LogP contribution is -2.14. The highest BCUT2D eigenvalue weighted by Gasteiger charge is 2.09. The van der Waals surface area contributed by atoms with Crippen molar-refractivity contribution in [1.29, 1.82) is 0 Å². The number of hydrogen-bond donors (Lipinski definition) is 3. The summed E-state index contributed by atoms with van der Waals surface area (Å²) >= 11 is 0. The molecule has 23 heavy (non-hydrogen) atoms. The minimum Gasteiger partial charge on any atom is -0.346 e. The van der Waals surface area contributed by atoms with E-state index in [9.17, 15) is 9.59 Å². The normalized spacial score (nSPS) is 10.5. The number of pyridine rings is 1. The van der Waals surface area contributed by atoms with Crippen LogP contribution in [0.15, 0.2) is 48.8 Å². The van der Waals surface area contributed by atoms with E-state index in [2.05, 4.69) is 20.6 Å². The molecule has 3 N–H and O–H groups in total. The number of carbonyl (C=O) groups is 2. The van der Waals surface area contributed by atoms with Gasteiger partial charge in [-0.15, -0.1) is 0 Å². The fourth-order valence-electron chi connectivity index (χ4n) is 2.20. The Balaban J connectivity index is 1.77. The van der Waals surface area contributed by atoms with E-state index in [1.807, 2.05) is 12.1 Å². The van der Waals surface area contributed by atoms with Crippen LogP contribution in [0.3, 0.4) is 0 Å². The molecule has 0 saturated carbocycles. The van der Waals surface area contributed by atoms with E-state index in [0.29, 0.717) is 23.4 Å². The van der Waals surface area contributed by atoms with E-state index in [4.69, 9.17) is 0 Å². The number of nitrogens with one attached hydrogen (secondary N) is 3. The molecular formula is C17H16N4O2. The molecule has 116 valence electrons. The zero-order valence-corrected chi connectivity index (χ0v) is 12.6. The van der Waals surface area contributed by atoms with Crippen molar-refractivity contribution in [2.24, 2.45) is 0 Å². The lowest BCUT2D eigenvalue weighted by Gasteiger charge is -2.08. The van der Waals surface area contributed by atoms with Gasteiger partial charge in [0.25, 0.3) is 5.91 Å². The molecule has 0 bridgehead atoms. The summed E-state index contributed by atoms with van der Waals surface area (Å²) in [5, 5.41) is 6.47. The van der Waals surface area contributed by atoms with Crippen molar-refractivity contribution in [1.82, 2.24) is 9.97 Å². The van der Waals surface area contributed by atoms with Crippen LogP contribution < -0.4 is 10.6 Å². The first-order valence-corrected chi connectivity index (χ1v) is 7.30. The van der Waals surface area contributed by atoms with Crippen molar-refractivity contribution in [3.8, 4) is 0 Å². The molecule has 6 heteroatoms. The second kappa shape index (κ2) is 6.31. The van der Waals surface area contributed by atoms with E-state index in [-0.39, 0.29) is 11.8 Å². The number of hydrogen-bond acceptors (Lipinski definition) is 3. The van der Waals surface area contributed by atoms with E-state index >= 15 is 0 Å². The molecule has 0 saturated heterocycles. The van der Waals surface area contributed by atoms with Gasteiger partial charge in [0.2, 0.25) is 5.91 Å². The largest absolute Gasteiger partial charge is 0.346 e. The zero-order chi connectivity index (χ0) is 16.2. The van der Waals surface area contributed by atoms with Gasteiger partial charge in [-0.2, -0.15) is 0 Å². The molecule has 0 unspecified atom stereocenters. The standard InChI is InChI=1S/C17H16N4O2/c1-2-15(22)20-13-5-3-4-12(9-13)17(23)21-14-8-11-6-7-18-16(11)19-10-14/h3-10H,2H2,1H3,(H,18,19)(H,20,22)(H,21,23). The van der Waals surface area contributed by atoms with Crippen LogP contribution in [0, 0.1) is 0 Å². The molecule has 2 heterocycles. The number of carbonyl (C=O) groups excluding carboxylic acids is 2. The van der Waals surface area contributed by atoms with Crippen molar-refractivity contribution >= 4 is 34.2 Å². The molecular weight excluding hydrogens is 292 g/mol. The highest BCUT2D eigenvalue weighted by Crippen LogP contribution is 2.17. The van der Waals surface area contributed by atoms with Gasteiger partial charge in [0.15, 0.2) is 0 Å². The molecule has 0 aliphatic carbocycles. The summed E-state index contributed by atoms with van der Waals surface area (Å²) in [6.45, 7) is 1.77. The van der Waals surface area contributed by atoms with Crippen LogP contribution in [0.4, 0.5) is 11.4 Å². The van der Waals surface area contributed by atoms with Gasteiger partial charge in [-0.05, 0) is 30.3 Å². The first-order chi connectivity index (χ1) is 11.2. The average Bonchev–Trinajstić information content (AvgIpc) is 3.02. The molecule has 0 spiro atoms. The van der Waals surface area contributed by atoms with Gasteiger partial charge in [0.05, 0.1) is 11.9 Å². The molecule has 3 aromatic rings. The SMILES string of the molecule is CCC(=O)Nc1cccc(C(=O)Nc2cnc3[nH]ccc3c2)c1. The highest BCUT2D eigenvalue weighted by atomic mass is 16.2. The maximum atomic E-state index is 12.3. The van der Waals surface area contributed by atoms with Crippen molar-refractivity contribution in [3.63, 3.8) is 0 Å². The van der Waals surface area contributed by atoms with Crippen LogP contribution in [-0.2, 0) is 4.79 Å². The first kappa shape index (κ1) is 14.8. The Hall–Kier alpha value is -3.15. The number of aromatic nitrogens is 2. The number of benzene rings is 1. The Morgan fingerprint density at radius 1 is 1.13 bits per heavy atom. The molecule has 0 aliphatic rings. The number of H-pyrrole nitrogens is 1. The van der Waals surface area contributed by atoms with E-state index in [1.54, 1.807) is 43.6 Å². The predicted octanol–water partition coefficient (Wildman–Crippen LogP) is 3.16. The van der Waals surface area contributed by atoms with E-state index in [1.165, 1.54) is 0 Å². The average molecular weight is 308 g/mol. The van der Waals surface area contributed by atoms with Crippen LogP contribution in [0.25, 0.3) is 11.0 Å². The summed E-state index contributed by atoms with van der Waals surface area (Å²) in [6, 6.07) is 10.5. The topological polar surface area (TPSA) is 86.9 Å². The number of nitrogens with zero attached hydrogens (tertiary/aromatic N) is 1. The Kier molecular flexibility index (Phi) is 4.05. The van der Waals surface area contributed by atoms with Crippen molar-refractivity contribution in [2.45, 2.75) is 13.3 Å². The summed E-state index contributed by atoms with van der Waals surface area (Å²) in [5.41, 5.74) is 2.45.